The Morgan fingerprint density at radius 1 is 1.08 bits per heavy atom. The molecule has 78 valence electrons. The maximum Gasteiger partial charge on any atom is 0.118 e. The van der Waals surface area contributed by atoms with Gasteiger partial charge in [-0.05, 0) is 18.3 Å². The van der Waals surface area contributed by atoms with Gasteiger partial charge in [0.1, 0.15) is 4.49 Å². The molecule has 1 saturated carbocycles. The molecule has 0 spiro atoms. The summed E-state index contributed by atoms with van der Waals surface area (Å²) in [5.41, 5.74) is 1.77. The molecule has 0 saturated heterocycles. The minimum Gasteiger partial charge on any atom is -0.0904 e. The molecule has 0 bridgehead atoms. The third-order valence-corrected chi connectivity index (χ3v) is 2.95. The standard InChI is InChI=1S/C8H16.C2HCl3/c1-8(2)6-4-3-5-7-8;3-1-2(4)5/h3-7H2,1-2H3;1H. The van der Waals surface area contributed by atoms with Gasteiger partial charge in [0.2, 0.25) is 0 Å². The Morgan fingerprint density at radius 3 is 1.62 bits per heavy atom. The van der Waals surface area contributed by atoms with Crippen molar-refractivity contribution in [3.8, 4) is 0 Å². The van der Waals surface area contributed by atoms with Crippen molar-refractivity contribution in [1.29, 1.82) is 0 Å². The van der Waals surface area contributed by atoms with E-state index in [0.717, 1.165) is 5.54 Å². The Hall–Kier alpha value is 0.610. The molecule has 0 amide bonds. The first-order chi connectivity index (χ1) is 5.98. The Balaban J connectivity index is 0.000000252. The largest absolute Gasteiger partial charge is 0.118 e. The van der Waals surface area contributed by atoms with Crippen molar-refractivity contribution in [2.45, 2.75) is 46.0 Å². The molecule has 0 aromatic rings. The molecule has 0 heterocycles. The van der Waals surface area contributed by atoms with E-state index in [-0.39, 0.29) is 4.49 Å². The predicted octanol–water partition coefficient (Wildman–Crippen LogP) is 5.48. The van der Waals surface area contributed by atoms with E-state index < -0.39 is 0 Å². The SMILES string of the molecule is CC1(C)CCCCC1.ClC=C(Cl)Cl. The van der Waals surface area contributed by atoms with Gasteiger partial charge in [0.05, 0.1) is 0 Å². The van der Waals surface area contributed by atoms with Gasteiger partial charge in [0.15, 0.2) is 0 Å². The maximum absolute atomic E-state index is 4.96. The average molecular weight is 244 g/mol. The van der Waals surface area contributed by atoms with Crippen LogP contribution in [0.1, 0.15) is 46.0 Å². The van der Waals surface area contributed by atoms with Crippen LogP contribution in [0.15, 0.2) is 10.0 Å². The Labute approximate surface area is 96.2 Å². The van der Waals surface area contributed by atoms with E-state index in [1.165, 1.54) is 32.1 Å². The number of hydrogen-bond donors (Lipinski definition) is 0. The zero-order valence-electron chi connectivity index (χ0n) is 8.25. The lowest BCUT2D eigenvalue weighted by Crippen LogP contribution is -2.14. The van der Waals surface area contributed by atoms with Crippen LogP contribution in [0.5, 0.6) is 0 Å². The molecule has 0 nitrogen and oxygen atoms in total. The van der Waals surface area contributed by atoms with E-state index in [0.29, 0.717) is 5.41 Å². The van der Waals surface area contributed by atoms with E-state index >= 15 is 0 Å². The van der Waals surface area contributed by atoms with Gasteiger partial charge in [-0.25, -0.2) is 0 Å². The number of rotatable bonds is 0. The molecule has 13 heavy (non-hydrogen) atoms. The first-order valence-corrected chi connectivity index (χ1v) is 5.78. The fourth-order valence-electron chi connectivity index (χ4n) is 1.51. The van der Waals surface area contributed by atoms with Gasteiger partial charge in [-0.1, -0.05) is 67.9 Å². The number of hydrogen-bond acceptors (Lipinski definition) is 0. The van der Waals surface area contributed by atoms with Crippen LogP contribution in [-0.2, 0) is 0 Å². The summed E-state index contributed by atoms with van der Waals surface area (Å²) in [5, 5.41) is 0. The second-order valence-electron chi connectivity index (χ2n) is 4.12. The zero-order chi connectivity index (χ0) is 10.3. The molecule has 0 aromatic carbocycles. The highest BCUT2D eigenvalue weighted by Crippen LogP contribution is 2.34. The van der Waals surface area contributed by atoms with Crippen LogP contribution in [0.3, 0.4) is 0 Å². The summed E-state index contributed by atoms with van der Waals surface area (Å²) >= 11 is 14.8. The fraction of sp³-hybridized carbons (Fsp3) is 0.800. The molecule has 1 aliphatic rings. The highest BCUT2D eigenvalue weighted by Gasteiger charge is 2.19. The maximum atomic E-state index is 4.96. The monoisotopic (exact) mass is 242 g/mol. The van der Waals surface area contributed by atoms with Crippen LogP contribution in [0.25, 0.3) is 0 Å². The zero-order valence-corrected chi connectivity index (χ0v) is 10.5. The second kappa shape index (κ2) is 6.98. The van der Waals surface area contributed by atoms with Gasteiger partial charge >= 0.3 is 0 Å². The molecule has 0 aromatic heterocycles. The van der Waals surface area contributed by atoms with Crippen molar-refractivity contribution < 1.29 is 0 Å². The van der Waals surface area contributed by atoms with E-state index in [4.69, 9.17) is 34.8 Å². The normalized spacial score (nSPS) is 19.8. The predicted molar refractivity (Wildman–Crippen MR) is 62.5 cm³/mol. The molecule has 0 unspecified atom stereocenters. The molecule has 1 fully saturated rings. The third-order valence-electron chi connectivity index (χ3n) is 2.29. The highest BCUT2D eigenvalue weighted by molar-refractivity contribution is 6.58. The summed E-state index contributed by atoms with van der Waals surface area (Å²) in [5.74, 6) is 0. The van der Waals surface area contributed by atoms with Crippen molar-refractivity contribution in [1.82, 2.24) is 0 Å². The third kappa shape index (κ3) is 8.93. The van der Waals surface area contributed by atoms with Crippen molar-refractivity contribution in [2.24, 2.45) is 5.41 Å². The smallest absolute Gasteiger partial charge is 0.0904 e. The first-order valence-electron chi connectivity index (χ1n) is 4.59. The Kier molecular flexibility index (Phi) is 7.30. The molecule has 1 aliphatic carbocycles. The van der Waals surface area contributed by atoms with Crippen LogP contribution in [0.2, 0.25) is 0 Å². The lowest BCUT2D eigenvalue weighted by Gasteiger charge is -2.28. The van der Waals surface area contributed by atoms with E-state index in [2.05, 4.69) is 13.8 Å². The Bertz CT molecular complexity index is 150. The molecule has 1 rings (SSSR count). The van der Waals surface area contributed by atoms with Crippen LogP contribution < -0.4 is 0 Å². The lowest BCUT2D eigenvalue weighted by molar-refractivity contribution is 0.244. The summed E-state index contributed by atoms with van der Waals surface area (Å²) in [6, 6.07) is 0. The molecule has 0 aliphatic heterocycles. The summed E-state index contributed by atoms with van der Waals surface area (Å²) in [7, 11) is 0. The molecule has 0 N–H and O–H groups in total. The quantitative estimate of drug-likeness (QED) is 0.529. The molecule has 0 radical (unpaired) electrons. The van der Waals surface area contributed by atoms with E-state index in [9.17, 15) is 0 Å². The average Bonchev–Trinajstić information content (AvgIpc) is 2.05. The summed E-state index contributed by atoms with van der Waals surface area (Å²) in [6.45, 7) is 4.76. The van der Waals surface area contributed by atoms with Gasteiger partial charge in [0.25, 0.3) is 0 Å². The van der Waals surface area contributed by atoms with E-state index in [1.54, 1.807) is 0 Å². The second-order valence-corrected chi connectivity index (χ2v) is 5.35. The Morgan fingerprint density at radius 2 is 1.46 bits per heavy atom. The van der Waals surface area contributed by atoms with Crippen LogP contribution >= 0.6 is 34.8 Å². The summed E-state index contributed by atoms with van der Waals surface area (Å²) in [4.78, 5) is 0. The van der Waals surface area contributed by atoms with Crippen molar-refractivity contribution >= 4 is 34.8 Å². The van der Waals surface area contributed by atoms with Gasteiger partial charge in [-0.15, -0.1) is 0 Å². The molecule has 3 heteroatoms. The summed E-state index contributed by atoms with van der Waals surface area (Å²) in [6.07, 6.45) is 7.31. The van der Waals surface area contributed by atoms with Crippen LogP contribution in [0.4, 0.5) is 0 Å². The minimum atomic E-state index is 0.0895. The molecule has 0 atom stereocenters. The first kappa shape index (κ1) is 13.6. The van der Waals surface area contributed by atoms with Gasteiger partial charge in [-0.2, -0.15) is 0 Å². The van der Waals surface area contributed by atoms with Gasteiger partial charge in [0, 0.05) is 5.54 Å². The van der Waals surface area contributed by atoms with E-state index in [1.807, 2.05) is 0 Å². The summed E-state index contributed by atoms with van der Waals surface area (Å²) < 4.78 is 0.0895. The molecular formula is C10H17Cl3. The fourth-order valence-corrected chi connectivity index (χ4v) is 1.51. The van der Waals surface area contributed by atoms with Gasteiger partial charge < -0.3 is 0 Å². The van der Waals surface area contributed by atoms with Crippen LogP contribution in [0, 0.1) is 5.41 Å². The molecular weight excluding hydrogens is 226 g/mol. The highest BCUT2D eigenvalue weighted by atomic mass is 35.5. The topological polar surface area (TPSA) is 0 Å². The van der Waals surface area contributed by atoms with Crippen molar-refractivity contribution in [3.63, 3.8) is 0 Å². The lowest BCUT2D eigenvalue weighted by atomic mass is 9.78. The van der Waals surface area contributed by atoms with Gasteiger partial charge in [-0.3, -0.25) is 0 Å². The minimum absolute atomic E-state index is 0.0895. The number of halogens is 3. The van der Waals surface area contributed by atoms with Crippen LogP contribution in [-0.4, -0.2) is 0 Å². The van der Waals surface area contributed by atoms with Crippen molar-refractivity contribution in [3.05, 3.63) is 10.0 Å². The van der Waals surface area contributed by atoms with Crippen molar-refractivity contribution in [2.75, 3.05) is 0 Å².